The van der Waals surface area contributed by atoms with Crippen LogP contribution in [0.15, 0.2) is 12.2 Å². The Morgan fingerprint density at radius 2 is 1.87 bits per heavy atom. The molecule has 0 aromatic rings. The van der Waals surface area contributed by atoms with E-state index in [2.05, 4.69) is 11.2 Å². The van der Waals surface area contributed by atoms with Gasteiger partial charge in [-0.05, 0) is 12.8 Å². The second-order valence-corrected chi connectivity index (χ2v) is 5.38. The molecule has 0 saturated carbocycles. The molecular weight excluding hydrogens is 300 g/mol. The first-order chi connectivity index (χ1) is 11.0. The molecule has 1 saturated heterocycles. The molecule has 1 heterocycles. The van der Waals surface area contributed by atoms with Gasteiger partial charge < -0.3 is 10.1 Å². The van der Waals surface area contributed by atoms with Gasteiger partial charge in [-0.15, -0.1) is 6.42 Å². The standard InChI is InChI=1S/C16H18N2O5/c1-2-8-17-13(19)10-23-14(20)7-9-18-15(21)11-5-3-4-6-12(11)16(18)22/h1,3-4,11-12H,5-10H2,(H,17,19)/t11-,12-/m1/s1. The molecule has 0 aromatic heterocycles. The summed E-state index contributed by atoms with van der Waals surface area (Å²) in [6.07, 6.45) is 9.77. The minimum absolute atomic E-state index is 0.0184. The molecule has 2 atom stereocenters. The number of likely N-dealkylation sites (tertiary alicyclic amines) is 1. The summed E-state index contributed by atoms with van der Waals surface area (Å²) < 4.78 is 4.77. The Bertz CT molecular complexity index is 564. The second kappa shape index (κ2) is 7.58. The number of allylic oxidation sites excluding steroid dienone is 2. The van der Waals surface area contributed by atoms with Gasteiger partial charge in [0.2, 0.25) is 11.8 Å². The number of amides is 3. The van der Waals surface area contributed by atoms with Crippen molar-refractivity contribution in [2.75, 3.05) is 19.7 Å². The Morgan fingerprint density at radius 1 is 1.26 bits per heavy atom. The van der Waals surface area contributed by atoms with Crippen LogP contribution in [0, 0.1) is 24.2 Å². The summed E-state index contributed by atoms with van der Waals surface area (Å²) in [4.78, 5) is 48.3. The van der Waals surface area contributed by atoms with Crippen molar-refractivity contribution in [1.82, 2.24) is 10.2 Å². The van der Waals surface area contributed by atoms with E-state index in [1.165, 1.54) is 0 Å². The van der Waals surface area contributed by atoms with Gasteiger partial charge in [0.25, 0.3) is 5.91 Å². The molecule has 1 fully saturated rings. The van der Waals surface area contributed by atoms with Gasteiger partial charge >= 0.3 is 5.97 Å². The van der Waals surface area contributed by atoms with Gasteiger partial charge in [-0.25, -0.2) is 0 Å². The highest BCUT2D eigenvalue weighted by Gasteiger charge is 2.46. The first-order valence-electron chi connectivity index (χ1n) is 7.40. The molecule has 7 nitrogen and oxygen atoms in total. The van der Waals surface area contributed by atoms with Crippen LogP contribution in [-0.2, 0) is 23.9 Å². The minimum Gasteiger partial charge on any atom is -0.456 e. The lowest BCUT2D eigenvalue weighted by molar-refractivity contribution is -0.149. The van der Waals surface area contributed by atoms with E-state index in [9.17, 15) is 19.2 Å². The van der Waals surface area contributed by atoms with Crippen molar-refractivity contribution in [3.63, 3.8) is 0 Å². The van der Waals surface area contributed by atoms with Crippen molar-refractivity contribution in [2.45, 2.75) is 19.3 Å². The molecular formula is C16H18N2O5. The van der Waals surface area contributed by atoms with Crippen LogP contribution in [0.4, 0.5) is 0 Å². The molecule has 1 aliphatic heterocycles. The van der Waals surface area contributed by atoms with Gasteiger partial charge in [-0.3, -0.25) is 24.1 Å². The Kier molecular flexibility index (Phi) is 5.52. The molecule has 3 amide bonds. The highest BCUT2D eigenvalue weighted by atomic mass is 16.5. The van der Waals surface area contributed by atoms with Crippen molar-refractivity contribution < 1.29 is 23.9 Å². The van der Waals surface area contributed by atoms with Crippen molar-refractivity contribution in [3.05, 3.63) is 12.2 Å². The minimum atomic E-state index is -0.644. The highest BCUT2D eigenvalue weighted by molar-refractivity contribution is 6.05. The van der Waals surface area contributed by atoms with Crippen LogP contribution >= 0.6 is 0 Å². The normalized spacial score (nSPS) is 22.5. The summed E-state index contributed by atoms with van der Waals surface area (Å²) in [7, 11) is 0. The van der Waals surface area contributed by atoms with Gasteiger partial charge in [-0.1, -0.05) is 18.1 Å². The molecule has 0 unspecified atom stereocenters. The fourth-order valence-electron chi connectivity index (χ4n) is 2.71. The molecule has 0 aromatic carbocycles. The summed E-state index contributed by atoms with van der Waals surface area (Å²) >= 11 is 0. The van der Waals surface area contributed by atoms with E-state index in [0.29, 0.717) is 12.8 Å². The number of imide groups is 1. The number of terminal acetylenes is 1. The van der Waals surface area contributed by atoms with Crippen LogP contribution in [0.1, 0.15) is 19.3 Å². The molecule has 0 radical (unpaired) electrons. The number of ether oxygens (including phenoxy) is 1. The fourth-order valence-corrected chi connectivity index (χ4v) is 2.71. The Balaban J connectivity index is 1.76. The van der Waals surface area contributed by atoms with E-state index in [-0.39, 0.29) is 43.2 Å². The number of nitrogens with zero attached hydrogens (tertiary/aromatic N) is 1. The first-order valence-corrected chi connectivity index (χ1v) is 7.40. The number of carbonyl (C=O) groups excluding carboxylic acids is 4. The highest BCUT2D eigenvalue weighted by Crippen LogP contribution is 2.34. The van der Waals surface area contributed by atoms with E-state index >= 15 is 0 Å². The van der Waals surface area contributed by atoms with Crippen molar-refractivity contribution in [2.24, 2.45) is 11.8 Å². The largest absolute Gasteiger partial charge is 0.456 e. The molecule has 1 aliphatic carbocycles. The zero-order valence-corrected chi connectivity index (χ0v) is 12.6. The van der Waals surface area contributed by atoms with Crippen molar-refractivity contribution >= 4 is 23.7 Å². The van der Waals surface area contributed by atoms with Gasteiger partial charge in [0.15, 0.2) is 6.61 Å². The van der Waals surface area contributed by atoms with E-state index in [4.69, 9.17) is 11.2 Å². The van der Waals surface area contributed by atoms with Crippen LogP contribution in [0.2, 0.25) is 0 Å². The lowest BCUT2D eigenvalue weighted by Crippen LogP contribution is -2.34. The van der Waals surface area contributed by atoms with E-state index in [1.807, 2.05) is 12.2 Å². The Morgan fingerprint density at radius 3 is 2.43 bits per heavy atom. The third kappa shape index (κ3) is 3.97. The molecule has 7 heteroatoms. The molecule has 122 valence electrons. The molecule has 0 bridgehead atoms. The average Bonchev–Trinajstić information content (AvgIpc) is 2.80. The van der Waals surface area contributed by atoms with Crippen LogP contribution < -0.4 is 5.32 Å². The molecule has 23 heavy (non-hydrogen) atoms. The van der Waals surface area contributed by atoms with Crippen molar-refractivity contribution in [3.8, 4) is 12.3 Å². The Hall–Kier alpha value is -2.62. The number of hydrogen-bond donors (Lipinski definition) is 1. The number of fused-ring (bicyclic) bond motifs is 1. The van der Waals surface area contributed by atoms with Gasteiger partial charge in [-0.2, -0.15) is 0 Å². The number of rotatable bonds is 6. The fraction of sp³-hybridized carbons (Fsp3) is 0.500. The van der Waals surface area contributed by atoms with Crippen LogP contribution in [0.5, 0.6) is 0 Å². The number of esters is 1. The zero-order valence-electron chi connectivity index (χ0n) is 12.6. The summed E-state index contributed by atoms with van der Waals surface area (Å²) in [5.74, 6) is 0.00128. The number of carbonyl (C=O) groups is 4. The SMILES string of the molecule is C#CCNC(=O)COC(=O)CCN1C(=O)[C@@H]2CC=CC[C@H]2C1=O. The summed E-state index contributed by atoms with van der Waals surface area (Å²) in [5, 5.41) is 2.35. The van der Waals surface area contributed by atoms with Crippen LogP contribution in [0.25, 0.3) is 0 Å². The summed E-state index contributed by atoms with van der Waals surface area (Å²) in [6, 6.07) is 0. The van der Waals surface area contributed by atoms with Gasteiger partial charge in [0.1, 0.15) is 0 Å². The van der Waals surface area contributed by atoms with E-state index < -0.39 is 18.5 Å². The monoisotopic (exact) mass is 318 g/mol. The first kappa shape index (κ1) is 16.7. The third-order valence-electron chi connectivity index (χ3n) is 3.89. The third-order valence-corrected chi connectivity index (χ3v) is 3.89. The predicted octanol–water partition coefficient (Wildman–Crippen LogP) is -0.380. The predicted molar refractivity (Wildman–Crippen MR) is 79.5 cm³/mol. The van der Waals surface area contributed by atoms with Gasteiger partial charge in [0.05, 0.1) is 24.8 Å². The molecule has 2 rings (SSSR count). The lowest BCUT2D eigenvalue weighted by Gasteiger charge is -2.14. The van der Waals surface area contributed by atoms with Crippen LogP contribution in [-0.4, -0.2) is 48.3 Å². The van der Waals surface area contributed by atoms with Crippen LogP contribution in [0.3, 0.4) is 0 Å². The lowest BCUT2D eigenvalue weighted by atomic mass is 9.85. The maximum Gasteiger partial charge on any atom is 0.308 e. The van der Waals surface area contributed by atoms with E-state index in [1.54, 1.807) is 0 Å². The maximum atomic E-state index is 12.2. The zero-order chi connectivity index (χ0) is 16.8. The summed E-state index contributed by atoms with van der Waals surface area (Å²) in [6.45, 7) is -0.392. The molecule has 1 N–H and O–H groups in total. The average molecular weight is 318 g/mol. The Labute approximate surface area is 134 Å². The topological polar surface area (TPSA) is 92.8 Å². The smallest absolute Gasteiger partial charge is 0.308 e. The quantitative estimate of drug-likeness (QED) is 0.312. The van der Waals surface area contributed by atoms with Gasteiger partial charge in [0, 0.05) is 6.54 Å². The molecule has 2 aliphatic rings. The molecule has 0 spiro atoms. The summed E-state index contributed by atoms with van der Waals surface area (Å²) in [5.41, 5.74) is 0. The number of hydrogen-bond acceptors (Lipinski definition) is 5. The number of nitrogens with one attached hydrogen (secondary N) is 1. The maximum absolute atomic E-state index is 12.2. The van der Waals surface area contributed by atoms with Crippen molar-refractivity contribution in [1.29, 1.82) is 0 Å². The second-order valence-electron chi connectivity index (χ2n) is 5.38. The van der Waals surface area contributed by atoms with E-state index in [0.717, 1.165) is 4.90 Å².